The number of nitrogens with one attached hydrogen (secondary N) is 1. The van der Waals surface area contributed by atoms with E-state index in [1.54, 1.807) is 12.1 Å². The molecule has 1 saturated heterocycles. The van der Waals surface area contributed by atoms with Gasteiger partial charge in [-0.05, 0) is 6.07 Å². The van der Waals surface area contributed by atoms with Gasteiger partial charge in [-0.25, -0.2) is 10.1 Å². The maximum absolute atomic E-state index is 11.4. The van der Waals surface area contributed by atoms with Gasteiger partial charge in [0, 0.05) is 24.7 Å². The minimum absolute atomic E-state index is 0.0304. The van der Waals surface area contributed by atoms with Crippen LogP contribution >= 0.6 is 0 Å². The Balaban J connectivity index is 1.78. The lowest BCUT2D eigenvalue weighted by Gasteiger charge is -2.28. The van der Waals surface area contributed by atoms with Crippen molar-refractivity contribution in [2.24, 2.45) is 5.10 Å². The lowest BCUT2D eigenvalue weighted by molar-refractivity contribution is -0.384. The average molecular weight is 332 g/mol. The molecule has 0 aliphatic carbocycles. The number of nitrogens with two attached hydrogens (primary N) is 1. The summed E-state index contributed by atoms with van der Waals surface area (Å²) in [6.07, 6.45) is 2.77. The second kappa shape index (κ2) is 6.91. The molecule has 1 aliphatic rings. The highest BCUT2D eigenvalue weighted by Crippen LogP contribution is 2.29. The molecule has 0 amide bonds. The van der Waals surface area contributed by atoms with Crippen LogP contribution in [0.1, 0.15) is 5.56 Å². The highest BCUT2D eigenvalue weighted by atomic mass is 16.6. The number of morpholine rings is 1. The molecule has 126 valence electrons. The predicted octanol–water partition coefficient (Wildman–Crippen LogP) is 0.183. The molecule has 1 aromatic carbocycles. The molecule has 0 atom stereocenters. The standard InChI is InChI=1S/C13H16N8O3/c14-20-9-16-18-13(20)17-15-8-10-1-2-11(12(7-10)21(22)23)19-3-5-24-6-4-19/h1-2,7-9H,3-6,14H2,(H,17,18). The summed E-state index contributed by atoms with van der Waals surface area (Å²) >= 11 is 0. The van der Waals surface area contributed by atoms with Gasteiger partial charge in [-0.15, -0.1) is 10.2 Å². The zero-order valence-electron chi connectivity index (χ0n) is 12.7. The van der Waals surface area contributed by atoms with Crippen LogP contribution in [-0.2, 0) is 4.74 Å². The maximum Gasteiger partial charge on any atom is 0.293 e. The molecule has 11 heteroatoms. The fraction of sp³-hybridized carbons (Fsp3) is 0.308. The summed E-state index contributed by atoms with van der Waals surface area (Å²) in [5.74, 6) is 5.79. The molecule has 2 aromatic rings. The Hall–Kier alpha value is -3.21. The van der Waals surface area contributed by atoms with E-state index in [-0.39, 0.29) is 11.6 Å². The average Bonchev–Trinajstić information content (AvgIpc) is 3.01. The molecular formula is C13H16N8O3. The highest BCUT2D eigenvalue weighted by Gasteiger charge is 2.21. The van der Waals surface area contributed by atoms with Crippen LogP contribution in [-0.4, -0.2) is 52.3 Å². The first kappa shape index (κ1) is 15.7. The summed E-state index contributed by atoms with van der Waals surface area (Å²) in [7, 11) is 0. The van der Waals surface area contributed by atoms with E-state index in [1.807, 2.05) is 4.90 Å². The number of nitro benzene ring substituents is 1. The van der Waals surface area contributed by atoms with Crippen molar-refractivity contribution in [2.45, 2.75) is 0 Å². The van der Waals surface area contributed by atoms with E-state index >= 15 is 0 Å². The van der Waals surface area contributed by atoms with Gasteiger partial charge in [0.15, 0.2) is 0 Å². The molecule has 0 bridgehead atoms. The third-order valence-electron chi connectivity index (χ3n) is 3.50. The molecule has 24 heavy (non-hydrogen) atoms. The van der Waals surface area contributed by atoms with Crippen LogP contribution in [0.3, 0.4) is 0 Å². The highest BCUT2D eigenvalue weighted by molar-refractivity contribution is 5.83. The van der Waals surface area contributed by atoms with Gasteiger partial charge < -0.3 is 15.5 Å². The van der Waals surface area contributed by atoms with Crippen molar-refractivity contribution in [1.29, 1.82) is 0 Å². The zero-order valence-corrected chi connectivity index (χ0v) is 12.7. The van der Waals surface area contributed by atoms with Gasteiger partial charge in [0.2, 0.25) is 0 Å². The van der Waals surface area contributed by atoms with Gasteiger partial charge in [0.25, 0.3) is 11.6 Å². The Bertz CT molecular complexity index is 753. The topological polar surface area (TPSA) is 137 Å². The quantitative estimate of drug-likeness (QED) is 0.342. The molecule has 3 rings (SSSR count). The van der Waals surface area contributed by atoms with Crippen LogP contribution in [0.5, 0.6) is 0 Å². The summed E-state index contributed by atoms with van der Waals surface area (Å²) in [5.41, 5.74) is 3.79. The second-order valence-corrected chi connectivity index (χ2v) is 5.04. The Morgan fingerprint density at radius 1 is 1.42 bits per heavy atom. The van der Waals surface area contributed by atoms with E-state index < -0.39 is 4.92 Å². The number of nitrogen functional groups attached to an aromatic ring is 1. The van der Waals surface area contributed by atoms with Crippen LogP contribution in [0.2, 0.25) is 0 Å². The van der Waals surface area contributed by atoms with Crippen molar-refractivity contribution in [2.75, 3.05) is 42.5 Å². The molecule has 1 aliphatic heterocycles. The number of hydrogen-bond donors (Lipinski definition) is 2. The van der Waals surface area contributed by atoms with Crippen molar-refractivity contribution >= 4 is 23.5 Å². The van der Waals surface area contributed by atoms with Crippen molar-refractivity contribution < 1.29 is 9.66 Å². The monoisotopic (exact) mass is 332 g/mol. The molecule has 2 heterocycles. The number of aromatic nitrogens is 3. The normalized spacial score (nSPS) is 14.9. The van der Waals surface area contributed by atoms with E-state index in [0.717, 1.165) is 0 Å². The van der Waals surface area contributed by atoms with Gasteiger partial charge in [-0.3, -0.25) is 10.1 Å². The first-order valence-corrected chi connectivity index (χ1v) is 7.20. The SMILES string of the molecule is Nn1cnnc1NN=Cc1ccc(N2CCOCC2)c([N+](=O)[O-])c1. The molecule has 1 aromatic heterocycles. The number of nitrogens with zero attached hydrogens (tertiary/aromatic N) is 6. The minimum Gasteiger partial charge on any atom is -0.378 e. The Labute approximate surface area is 136 Å². The first-order valence-electron chi connectivity index (χ1n) is 7.20. The third-order valence-corrected chi connectivity index (χ3v) is 3.50. The molecule has 1 fully saturated rings. The minimum atomic E-state index is -0.397. The van der Waals surface area contributed by atoms with Crippen LogP contribution in [0.4, 0.5) is 17.3 Å². The van der Waals surface area contributed by atoms with Crippen molar-refractivity contribution in [3.05, 3.63) is 40.2 Å². The van der Waals surface area contributed by atoms with Crippen molar-refractivity contribution in [3.63, 3.8) is 0 Å². The van der Waals surface area contributed by atoms with E-state index in [0.29, 0.717) is 37.6 Å². The molecule has 11 nitrogen and oxygen atoms in total. The summed E-state index contributed by atoms with van der Waals surface area (Å²) < 4.78 is 6.45. The Kier molecular flexibility index (Phi) is 4.52. The van der Waals surface area contributed by atoms with E-state index in [1.165, 1.54) is 23.3 Å². The Morgan fingerprint density at radius 3 is 2.88 bits per heavy atom. The van der Waals surface area contributed by atoms with E-state index in [9.17, 15) is 10.1 Å². The zero-order chi connectivity index (χ0) is 16.9. The summed E-state index contributed by atoms with van der Waals surface area (Å²) in [5, 5.41) is 22.6. The number of ether oxygens (including phenoxy) is 1. The van der Waals surface area contributed by atoms with Gasteiger partial charge in [0.1, 0.15) is 12.0 Å². The molecule has 3 N–H and O–H groups in total. The first-order chi connectivity index (χ1) is 11.6. The summed E-state index contributed by atoms with van der Waals surface area (Å²) in [6.45, 7) is 2.37. The van der Waals surface area contributed by atoms with Gasteiger partial charge in [-0.1, -0.05) is 6.07 Å². The fourth-order valence-corrected chi connectivity index (χ4v) is 2.33. The predicted molar refractivity (Wildman–Crippen MR) is 87.5 cm³/mol. The van der Waals surface area contributed by atoms with Gasteiger partial charge in [-0.2, -0.15) is 5.10 Å². The molecule has 0 radical (unpaired) electrons. The lowest BCUT2D eigenvalue weighted by atomic mass is 10.1. The van der Waals surface area contributed by atoms with Gasteiger partial charge >= 0.3 is 0 Å². The molecular weight excluding hydrogens is 316 g/mol. The third kappa shape index (κ3) is 3.41. The maximum atomic E-state index is 11.4. The van der Waals surface area contributed by atoms with E-state index in [4.69, 9.17) is 10.6 Å². The molecule has 0 saturated carbocycles. The van der Waals surface area contributed by atoms with Crippen LogP contribution in [0.25, 0.3) is 0 Å². The van der Waals surface area contributed by atoms with Crippen LogP contribution in [0.15, 0.2) is 29.6 Å². The molecule has 0 spiro atoms. The number of rotatable bonds is 5. The number of anilines is 2. The summed E-state index contributed by atoms with van der Waals surface area (Å²) in [4.78, 5) is 12.9. The number of benzene rings is 1. The number of hydrogen-bond acceptors (Lipinski definition) is 9. The second-order valence-electron chi connectivity index (χ2n) is 5.04. The lowest BCUT2D eigenvalue weighted by Crippen LogP contribution is -2.36. The smallest absolute Gasteiger partial charge is 0.293 e. The van der Waals surface area contributed by atoms with Crippen LogP contribution in [0, 0.1) is 10.1 Å². The number of nitro groups is 1. The van der Waals surface area contributed by atoms with Crippen molar-refractivity contribution in [3.8, 4) is 0 Å². The Morgan fingerprint density at radius 2 is 2.21 bits per heavy atom. The van der Waals surface area contributed by atoms with E-state index in [2.05, 4.69) is 20.7 Å². The van der Waals surface area contributed by atoms with Crippen LogP contribution < -0.4 is 16.2 Å². The largest absolute Gasteiger partial charge is 0.378 e. The fourth-order valence-electron chi connectivity index (χ4n) is 2.33. The molecule has 0 unspecified atom stereocenters. The van der Waals surface area contributed by atoms with Gasteiger partial charge in [0.05, 0.1) is 24.4 Å². The summed E-state index contributed by atoms with van der Waals surface area (Å²) in [6, 6.07) is 4.95. The van der Waals surface area contributed by atoms with Crippen molar-refractivity contribution in [1.82, 2.24) is 14.9 Å². The number of hydrazone groups is 1.